The molecule has 0 aromatic heterocycles. The molecule has 110 valence electrons. The molecule has 0 aliphatic heterocycles. The topological polar surface area (TPSA) is 59.8 Å². The summed E-state index contributed by atoms with van der Waals surface area (Å²) in [7, 11) is 8.04. The lowest BCUT2D eigenvalue weighted by atomic mass is 10.2. The number of hydrazine groups is 1. The van der Waals surface area contributed by atoms with Gasteiger partial charge in [-0.1, -0.05) is 20.8 Å². The van der Waals surface area contributed by atoms with Crippen LogP contribution in [-0.2, 0) is 0 Å². The number of nitrogens with zero attached hydrogens (tertiary/aromatic N) is 3. The van der Waals surface area contributed by atoms with Gasteiger partial charge < -0.3 is 11.1 Å². The Morgan fingerprint density at radius 1 is 1.11 bits per heavy atom. The fourth-order valence-electron chi connectivity index (χ4n) is 2.48. The number of hydrogen-bond acceptors (Lipinski definition) is 6. The first-order chi connectivity index (χ1) is 8.42. The molecular weight excluding hydrogens is 228 g/mol. The van der Waals surface area contributed by atoms with Gasteiger partial charge in [-0.15, -0.1) is 0 Å². The summed E-state index contributed by atoms with van der Waals surface area (Å²) < 4.78 is 0. The van der Waals surface area contributed by atoms with Crippen LogP contribution in [0.4, 0.5) is 0 Å². The van der Waals surface area contributed by atoms with E-state index < -0.39 is 5.79 Å². The Labute approximate surface area is 112 Å². The van der Waals surface area contributed by atoms with Gasteiger partial charge in [-0.25, -0.2) is 10.0 Å². The second kappa shape index (κ2) is 8.04. The fourth-order valence-corrected chi connectivity index (χ4v) is 2.48. The van der Waals surface area contributed by atoms with Crippen molar-refractivity contribution in [2.24, 2.45) is 5.73 Å². The van der Waals surface area contributed by atoms with Crippen molar-refractivity contribution in [1.29, 1.82) is 0 Å². The molecule has 2 atom stereocenters. The first-order valence-corrected chi connectivity index (χ1v) is 6.76. The van der Waals surface area contributed by atoms with Gasteiger partial charge in [0.05, 0.1) is 0 Å². The normalized spacial score (nSPS) is 17.5. The van der Waals surface area contributed by atoms with Crippen LogP contribution in [0, 0.1) is 0 Å². The summed E-state index contributed by atoms with van der Waals surface area (Å²) in [5.74, 6) is -0.449. The van der Waals surface area contributed by atoms with E-state index in [1.54, 1.807) is 0 Å². The second-order valence-electron chi connectivity index (χ2n) is 4.58. The van der Waals surface area contributed by atoms with Crippen LogP contribution in [0.5, 0.6) is 0 Å². The third kappa shape index (κ3) is 3.40. The van der Waals surface area contributed by atoms with Gasteiger partial charge in [-0.2, -0.15) is 0 Å². The molecule has 0 rings (SSSR count). The van der Waals surface area contributed by atoms with Gasteiger partial charge in [0, 0.05) is 20.1 Å². The van der Waals surface area contributed by atoms with Crippen LogP contribution < -0.4 is 16.4 Å². The van der Waals surface area contributed by atoms with Gasteiger partial charge >= 0.3 is 0 Å². The van der Waals surface area contributed by atoms with Crippen molar-refractivity contribution in [2.45, 2.75) is 32.7 Å². The maximum absolute atomic E-state index is 6.30. The molecule has 0 aliphatic rings. The van der Waals surface area contributed by atoms with E-state index in [1.165, 1.54) is 0 Å². The molecule has 6 heteroatoms. The highest BCUT2D eigenvalue weighted by Crippen LogP contribution is 2.18. The summed E-state index contributed by atoms with van der Waals surface area (Å²) in [6, 6.07) is 0. The van der Waals surface area contributed by atoms with Crippen LogP contribution in [0.25, 0.3) is 0 Å². The zero-order chi connectivity index (χ0) is 14.3. The van der Waals surface area contributed by atoms with Crippen molar-refractivity contribution < 1.29 is 0 Å². The van der Waals surface area contributed by atoms with Gasteiger partial charge in [-0.05, 0) is 27.7 Å². The molecule has 2 unspecified atom stereocenters. The number of nitrogens with two attached hydrogens (primary N) is 1. The summed E-state index contributed by atoms with van der Waals surface area (Å²) in [5.41, 5.74) is 6.30. The third-order valence-electron chi connectivity index (χ3n) is 3.51. The number of hydrogen-bond donors (Lipinski definition) is 3. The molecule has 0 fully saturated rings. The van der Waals surface area contributed by atoms with E-state index in [1.807, 2.05) is 21.1 Å². The molecule has 4 N–H and O–H groups in total. The number of likely N-dealkylation sites (N-methyl/N-ethyl adjacent to an activating group) is 4. The SMILES string of the molecule is CCNC(C(N)NC)(N(C)C)N(C)N(CC)CC. The van der Waals surface area contributed by atoms with Crippen LogP contribution in [-0.4, -0.2) is 74.7 Å². The molecule has 0 saturated carbocycles. The van der Waals surface area contributed by atoms with Crippen molar-refractivity contribution >= 4 is 0 Å². The van der Waals surface area contributed by atoms with Crippen LogP contribution in [0.2, 0.25) is 0 Å². The Kier molecular flexibility index (Phi) is 7.93. The average molecular weight is 260 g/mol. The second-order valence-corrected chi connectivity index (χ2v) is 4.58. The molecular formula is C12H32N6. The summed E-state index contributed by atoms with van der Waals surface area (Å²) >= 11 is 0. The minimum atomic E-state index is -0.449. The lowest BCUT2D eigenvalue weighted by Gasteiger charge is -2.53. The summed E-state index contributed by atoms with van der Waals surface area (Å²) in [6.07, 6.45) is -0.210. The highest BCUT2D eigenvalue weighted by atomic mass is 15.7. The number of rotatable bonds is 9. The molecule has 0 bridgehead atoms. The Hall–Kier alpha value is -0.240. The lowest BCUT2D eigenvalue weighted by molar-refractivity contribution is -0.178. The van der Waals surface area contributed by atoms with Crippen molar-refractivity contribution in [1.82, 2.24) is 25.6 Å². The van der Waals surface area contributed by atoms with E-state index in [2.05, 4.69) is 53.4 Å². The van der Waals surface area contributed by atoms with E-state index in [0.29, 0.717) is 0 Å². The highest BCUT2D eigenvalue weighted by Gasteiger charge is 2.43. The minimum Gasteiger partial charge on any atom is -0.312 e. The molecule has 0 aliphatic carbocycles. The summed E-state index contributed by atoms with van der Waals surface area (Å²) in [5, 5.41) is 11.1. The zero-order valence-corrected chi connectivity index (χ0v) is 13.1. The van der Waals surface area contributed by atoms with Crippen molar-refractivity contribution in [3.8, 4) is 0 Å². The minimum absolute atomic E-state index is 0.210. The molecule has 18 heavy (non-hydrogen) atoms. The molecule has 0 aromatic rings. The lowest BCUT2D eigenvalue weighted by Crippen LogP contribution is -2.79. The molecule has 0 spiro atoms. The Bertz CT molecular complexity index is 219. The smallest absolute Gasteiger partial charge is 0.170 e. The average Bonchev–Trinajstić information content (AvgIpc) is 2.35. The quantitative estimate of drug-likeness (QED) is 0.384. The first-order valence-electron chi connectivity index (χ1n) is 6.76. The molecule has 0 radical (unpaired) electrons. The molecule has 6 nitrogen and oxygen atoms in total. The largest absolute Gasteiger partial charge is 0.312 e. The Morgan fingerprint density at radius 2 is 1.61 bits per heavy atom. The summed E-state index contributed by atoms with van der Waals surface area (Å²) in [6.45, 7) is 9.14. The molecule has 0 saturated heterocycles. The number of nitrogens with one attached hydrogen (secondary N) is 2. The molecule has 0 amide bonds. The van der Waals surface area contributed by atoms with Crippen molar-refractivity contribution in [3.63, 3.8) is 0 Å². The van der Waals surface area contributed by atoms with Gasteiger partial charge in [0.2, 0.25) is 0 Å². The predicted molar refractivity (Wildman–Crippen MR) is 77.8 cm³/mol. The standard InChI is InChI=1S/C12H32N6/c1-8-15-12(16(5)6,11(13)14-4)17(7)18(9-2)10-3/h11,14-15H,8-10,13H2,1-7H3. The van der Waals surface area contributed by atoms with Crippen LogP contribution >= 0.6 is 0 Å². The maximum atomic E-state index is 6.30. The van der Waals surface area contributed by atoms with E-state index >= 15 is 0 Å². The first kappa shape index (κ1) is 17.8. The van der Waals surface area contributed by atoms with Gasteiger partial charge in [0.25, 0.3) is 0 Å². The van der Waals surface area contributed by atoms with Gasteiger partial charge in [0.15, 0.2) is 5.79 Å². The van der Waals surface area contributed by atoms with E-state index in [9.17, 15) is 0 Å². The maximum Gasteiger partial charge on any atom is 0.170 e. The Morgan fingerprint density at radius 3 is 1.89 bits per heavy atom. The fraction of sp³-hybridized carbons (Fsp3) is 1.00. The van der Waals surface area contributed by atoms with E-state index in [0.717, 1.165) is 19.6 Å². The van der Waals surface area contributed by atoms with E-state index in [-0.39, 0.29) is 6.17 Å². The van der Waals surface area contributed by atoms with Crippen molar-refractivity contribution in [3.05, 3.63) is 0 Å². The zero-order valence-electron chi connectivity index (χ0n) is 13.1. The van der Waals surface area contributed by atoms with Gasteiger partial charge in [-0.3, -0.25) is 10.2 Å². The third-order valence-corrected chi connectivity index (χ3v) is 3.51. The summed E-state index contributed by atoms with van der Waals surface area (Å²) in [4.78, 5) is 2.12. The molecule has 0 heterocycles. The van der Waals surface area contributed by atoms with E-state index in [4.69, 9.17) is 5.73 Å². The highest BCUT2D eigenvalue weighted by molar-refractivity contribution is 4.90. The van der Waals surface area contributed by atoms with Crippen molar-refractivity contribution in [2.75, 3.05) is 47.8 Å². The predicted octanol–water partition coefficient (Wildman–Crippen LogP) is -0.496. The van der Waals surface area contributed by atoms with Gasteiger partial charge in [0.1, 0.15) is 6.17 Å². The molecule has 0 aromatic carbocycles. The monoisotopic (exact) mass is 260 g/mol. The van der Waals surface area contributed by atoms with Crippen LogP contribution in [0.3, 0.4) is 0 Å². The van der Waals surface area contributed by atoms with Crippen LogP contribution in [0.1, 0.15) is 20.8 Å². The Balaban J connectivity index is 5.39. The van der Waals surface area contributed by atoms with Crippen LogP contribution in [0.15, 0.2) is 0 Å².